The maximum atomic E-state index is 12.8. The molecule has 3 heterocycles. The van der Waals surface area contributed by atoms with E-state index in [0.717, 1.165) is 11.1 Å². The number of fused-ring (bicyclic) bond motifs is 1. The van der Waals surface area contributed by atoms with Crippen molar-refractivity contribution in [2.45, 2.75) is 6.42 Å². The van der Waals surface area contributed by atoms with E-state index in [1.807, 2.05) is 24.3 Å². The number of hydrogen-bond acceptors (Lipinski definition) is 7. The molecule has 5 aromatic rings. The molecular formula is C24H16N4O4. The molecule has 0 atom stereocenters. The first-order valence-corrected chi connectivity index (χ1v) is 9.82. The summed E-state index contributed by atoms with van der Waals surface area (Å²) in [7, 11) is 0. The van der Waals surface area contributed by atoms with Crippen molar-refractivity contribution < 1.29 is 13.7 Å². The van der Waals surface area contributed by atoms with Crippen molar-refractivity contribution in [3.05, 3.63) is 107 Å². The van der Waals surface area contributed by atoms with Gasteiger partial charge in [0.2, 0.25) is 11.7 Å². The summed E-state index contributed by atoms with van der Waals surface area (Å²) in [6.07, 6.45) is 3.62. The standard InChI is InChI=1S/C24H16N4O4/c29-23(18-12-16-7-2-4-10-20(16)31-24(18)30)26-19-9-3-1-6-15(19)13-21-27-22(28-32-21)17-8-5-11-25-14-17/h1-12,14H,13H2,(H,26,29). The van der Waals surface area contributed by atoms with E-state index in [2.05, 4.69) is 20.4 Å². The highest BCUT2D eigenvalue weighted by Gasteiger charge is 2.17. The number of carbonyl (C=O) groups is 1. The highest BCUT2D eigenvalue weighted by atomic mass is 16.5. The molecule has 5 rings (SSSR count). The second-order valence-corrected chi connectivity index (χ2v) is 7.03. The van der Waals surface area contributed by atoms with Gasteiger partial charge >= 0.3 is 5.63 Å². The van der Waals surface area contributed by atoms with Gasteiger partial charge in [-0.3, -0.25) is 9.78 Å². The third kappa shape index (κ3) is 3.89. The fraction of sp³-hybridized carbons (Fsp3) is 0.0417. The Bertz CT molecular complexity index is 1470. The van der Waals surface area contributed by atoms with Gasteiger partial charge in [-0.15, -0.1) is 0 Å². The molecule has 1 N–H and O–H groups in total. The minimum absolute atomic E-state index is 0.0739. The van der Waals surface area contributed by atoms with Crippen molar-refractivity contribution in [1.29, 1.82) is 0 Å². The number of rotatable bonds is 5. The summed E-state index contributed by atoms with van der Waals surface area (Å²) in [5, 5.41) is 7.45. The summed E-state index contributed by atoms with van der Waals surface area (Å²) in [5.41, 5.74) is 1.69. The van der Waals surface area contributed by atoms with Crippen LogP contribution in [0.25, 0.3) is 22.4 Å². The largest absolute Gasteiger partial charge is 0.422 e. The fourth-order valence-corrected chi connectivity index (χ4v) is 3.31. The Morgan fingerprint density at radius 2 is 1.84 bits per heavy atom. The number of para-hydroxylation sites is 2. The first kappa shape index (κ1) is 19.4. The van der Waals surface area contributed by atoms with Gasteiger partial charge in [0.05, 0.1) is 6.42 Å². The van der Waals surface area contributed by atoms with E-state index in [9.17, 15) is 9.59 Å². The highest BCUT2D eigenvalue weighted by Crippen LogP contribution is 2.21. The van der Waals surface area contributed by atoms with Crippen LogP contribution in [0.5, 0.6) is 0 Å². The van der Waals surface area contributed by atoms with Gasteiger partial charge in [-0.1, -0.05) is 41.6 Å². The van der Waals surface area contributed by atoms with Crippen LogP contribution in [0, 0.1) is 0 Å². The average Bonchev–Trinajstić information content (AvgIpc) is 3.29. The molecule has 156 valence electrons. The number of carbonyl (C=O) groups excluding carboxylic acids is 1. The van der Waals surface area contributed by atoms with E-state index in [1.54, 1.807) is 48.8 Å². The van der Waals surface area contributed by atoms with Crippen molar-refractivity contribution in [3.8, 4) is 11.4 Å². The molecule has 0 aliphatic carbocycles. The molecule has 8 heteroatoms. The molecule has 0 saturated carbocycles. The van der Waals surface area contributed by atoms with Gasteiger partial charge in [0.1, 0.15) is 11.1 Å². The van der Waals surface area contributed by atoms with E-state index < -0.39 is 11.5 Å². The third-order valence-corrected chi connectivity index (χ3v) is 4.88. The van der Waals surface area contributed by atoms with Gasteiger partial charge in [-0.25, -0.2) is 4.79 Å². The molecule has 0 spiro atoms. The van der Waals surface area contributed by atoms with Crippen molar-refractivity contribution in [2.75, 3.05) is 5.32 Å². The second kappa shape index (κ2) is 8.27. The molecule has 0 unspecified atom stereocenters. The molecule has 0 fully saturated rings. The van der Waals surface area contributed by atoms with Crippen LogP contribution in [0.3, 0.4) is 0 Å². The Balaban J connectivity index is 1.40. The van der Waals surface area contributed by atoms with Gasteiger partial charge in [-0.2, -0.15) is 4.98 Å². The van der Waals surface area contributed by atoms with E-state index >= 15 is 0 Å². The molecular weight excluding hydrogens is 408 g/mol. The molecule has 0 aliphatic heterocycles. The van der Waals surface area contributed by atoms with Crippen LogP contribution in [0.1, 0.15) is 21.8 Å². The van der Waals surface area contributed by atoms with Gasteiger partial charge in [0, 0.05) is 29.0 Å². The van der Waals surface area contributed by atoms with E-state index in [-0.39, 0.29) is 5.56 Å². The van der Waals surface area contributed by atoms with Crippen LogP contribution in [-0.2, 0) is 6.42 Å². The molecule has 0 aliphatic rings. The van der Waals surface area contributed by atoms with E-state index in [4.69, 9.17) is 8.94 Å². The molecule has 0 radical (unpaired) electrons. The molecule has 32 heavy (non-hydrogen) atoms. The van der Waals surface area contributed by atoms with Crippen molar-refractivity contribution in [1.82, 2.24) is 15.1 Å². The van der Waals surface area contributed by atoms with Gasteiger partial charge < -0.3 is 14.3 Å². The van der Waals surface area contributed by atoms with Crippen LogP contribution < -0.4 is 10.9 Å². The van der Waals surface area contributed by atoms with Gasteiger partial charge in [0.25, 0.3) is 5.91 Å². The third-order valence-electron chi connectivity index (χ3n) is 4.88. The number of nitrogens with one attached hydrogen (secondary N) is 1. The fourth-order valence-electron chi connectivity index (χ4n) is 3.31. The SMILES string of the molecule is O=C(Nc1ccccc1Cc1nc(-c2cccnc2)no1)c1cc2ccccc2oc1=O. The zero-order valence-electron chi connectivity index (χ0n) is 16.7. The summed E-state index contributed by atoms with van der Waals surface area (Å²) in [6.45, 7) is 0. The van der Waals surface area contributed by atoms with Gasteiger partial charge in [-0.05, 0) is 35.9 Å². The first-order chi connectivity index (χ1) is 15.7. The lowest BCUT2D eigenvalue weighted by molar-refractivity contribution is 0.102. The van der Waals surface area contributed by atoms with E-state index in [0.29, 0.717) is 34.8 Å². The molecule has 2 aromatic carbocycles. The van der Waals surface area contributed by atoms with Crippen LogP contribution in [-0.4, -0.2) is 21.0 Å². The zero-order valence-corrected chi connectivity index (χ0v) is 16.7. The van der Waals surface area contributed by atoms with Crippen LogP contribution in [0.2, 0.25) is 0 Å². The maximum absolute atomic E-state index is 12.8. The smallest absolute Gasteiger partial charge is 0.349 e. The molecule has 8 nitrogen and oxygen atoms in total. The van der Waals surface area contributed by atoms with E-state index in [1.165, 1.54) is 6.07 Å². The number of aromatic nitrogens is 3. The van der Waals surface area contributed by atoms with Crippen LogP contribution >= 0.6 is 0 Å². The highest BCUT2D eigenvalue weighted by molar-refractivity contribution is 6.05. The number of nitrogens with zero attached hydrogens (tertiary/aromatic N) is 3. The average molecular weight is 424 g/mol. The number of hydrogen-bond donors (Lipinski definition) is 1. The lowest BCUT2D eigenvalue weighted by atomic mass is 10.1. The Hall–Kier alpha value is -4.59. The lowest BCUT2D eigenvalue weighted by Crippen LogP contribution is -2.21. The molecule has 3 aromatic heterocycles. The maximum Gasteiger partial charge on any atom is 0.349 e. The molecule has 1 amide bonds. The predicted molar refractivity (Wildman–Crippen MR) is 117 cm³/mol. The van der Waals surface area contributed by atoms with Crippen LogP contribution in [0.4, 0.5) is 5.69 Å². The monoisotopic (exact) mass is 424 g/mol. The normalized spacial score (nSPS) is 10.9. The summed E-state index contributed by atoms with van der Waals surface area (Å²) in [4.78, 5) is 33.6. The van der Waals surface area contributed by atoms with Crippen molar-refractivity contribution in [2.24, 2.45) is 0 Å². The van der Waals surface area contributed by atoms with Crippen molar-refractivity contribution in [3.63, 3.8) is 0 Å². The number of benzene rings is 2. The minimum Gasteiger partial charge on any atom is -0.422 e. The summed E-state index contributed by atoms with van der Waals surface area (Å²) in [6, 6.07) is 19.4. The van der Waals surface area contributed by atoms with Gasteiger partial charge in [0.15, 0.2) is 0 Å². The number of amides is 1. The molecule has 0 saturated heterocycles. The minimum atomic E-state index is -0.698. The molecule has 0 bridgehead atoms. The quantitative estimate of drug-likeness (QED) is 0.423. The first-order valence-electron chi connectivity index (χ1n) is 9.82. The predicted octanol–water partition coefficient (Wildman–Crippen LogP) is 4.08. The number of pyridine rings is 1. The summed E-state index contributed by atoms with van der Waals surface area (Å²) >= 11 is 0. The topological polar surface area (TPSA) is 111 Å². The zero-order chi connectivity index (χ0) is 21.9. The van der Waals surface area contributed by atoms with Crippen LogP contribution in [0.15, 0.2) is 92.9 Å². The summed E-state index contributed by atoms with van der Waals surface area (Å²) < 4.78 is 10.6. The lowest BCUT2D eigenvalue weighted by Gasteiger charge is -2.09. The van der Waals surface area contributed by atoms with Crippen molar-refractivity contribution >= 4 is 22.6 Å². The Labute approximate surface area is 181 Å². The summed E-state index contributed by atoms with van der Waals surface area (Å²) in [5.74, 6) is 0.262. The Kier molecular flexibility index (Phi) is 5.01. The Morgan fingerprint density at radius 1 is 1.00 bits per heavy atom. The second-order valence-electron chi connectivity index (χ2n) is 7.03. The number of anilines is 1. The Morgan fingerprint density at radius 3 is 2.72 bits per heavy atom.